The molecule has 0 aliphatic heterocycles. The Morgan fingerprint density at radius 1 is 1.38 bits per heavy atom. The molecular formula is C16H23ClN2O2. The third-order valence-corrected chi connectivity index (χ3v) is 4.47. The highest BCUT2D eigenvalue weighted by Gasteiger charge is 2.29. The summed E-state index contributed by atoms with van der Waals surface area (Å²) in [7, 11) is 1.59. The molecule has 0 atom stereocenters. The van der Waals surface area contributed by atoms with Gasteiger partial charge < -0.3 is 15.8 Å². The Morgan fingerprint density at radius 3 is 2.76 bits per heavy atom. The second-order valence-corrected chi connectivity index (χ2v) is 6.20. The number of hydrogen-bond donors (Lipinski definition) is 2. The predicted octanol–water partition coefficient (Wildman–Crippen LogP) is 3.02. The summed E-state index contributed by atoms with van der Waals surface area (Å²) in [5.74, 6) is 0.657. The van der Waals surface area contributed by atoms with Crippen LogP contribution in [0.1, 0.15) is 44.1 Å². The zero-order valence-electron chi connectivity index (χ0n) is 12.5. The van der Waals surface area contributed by atoms with E-state index in [0.29, 0.717) is 23.7 Å². The maximum atomic E-state index is 12.1. The summed E-state index contributed by atoms with van der Waals surface area (Å²) in [6, 6.07) is 5.44. The van der Waals surface area contributed by atoms with Gasteiger partial charge in [0.25, 0.3) is 0 Å². The van der Waals surface area contributed by atoms with Crippen LogP contribution in [0, 0.1) is 0 Å². The molecular weight excluding hydrogens is 288 g/mol. The average Bonchev–Trinajstić information content (AvgIpc) is 2.46. The molecule has 1 aliphatic carbocycles. The molecule has 0 heterocycles. The number of nitrogens with one attached hydrogen (secondary N) is 1. The molecule has 0 unspecified atom stereocenters. The van der Waals surface area contributed by atoms with Crippen LogP contribution in [-0.4, -0.2) is 18.6 Å². The van der Waals surface area contributed by atoms with E-state index >= 15 is 0 Å². The molecule has 2 rings (SSSR count). The zero-order valence-corrected chi connectivity index (χ0v) is 13.2. The van der Waals surface area contributed by atoms with Crippen LogP contribution in [0.4, 0.5) is 0 Å². The molecule has 1 amide bonds. The first kappa shape index (κ1) is 16.1. The first-order valence-corrected chi connectivity index (χ1v) is 7.79. The third-order valence-electron chi connectivity index (χ3n) is 4.12. The summed E-state index contributed by atoms with van der Waals surface area (Å²) >= 11 is 6.15. The molecule has 21 heavy (non-hydrogen) atoms. The van der Waals surface area contributed by atoms with Crippen molar-refractivity contribution in [3.63, 3.8) is 0 Å². The summed E-state index contributed by atoms with van der Waals surface area (Å²) in [4.78, 5) is 12.1. The SMILES string of the molecule is COc1cccc(Cl)c1CNC(=O)CC1(N)CCCCC1. The van der Waals surface area contributed by atoms with Gasteiger partial charge in [-0.1, -0.05) is 36.9 Å². The Kier molecular flexibility index (Phi) is 5.48. The number of hydrogen-bond acceptors (Lipinski definition) is 3. The van der Waals surface area contributed by atoms with Gasteiger partial charge in [-0.3, -0.25) is 4.79 Å². The number of ether oxygens (including phenoxy) is 1. The number of halogens is 1. The van der Waals surface area contributed by atoms with Crippen molar-refractivity contribution in [2.75, 3.05) is 7.11 Å². The monoisotopic (exact) mass is 310 g/mol. The van der Waals surface area contributed by atoms with Gasteiger partial charge >= 0.3 is 0 Å². The fourth-order valence-electron chi connectivity index (χ4n) is 2.90. The molecule has 4 nitrogen and oxygen atoms in total. The topological polar surface area (TPSA) is 64.3 Å². The number of rotatable bonds is 5. The van der Waals surface area contributed by atoms with Crippen LogP contribution >= 0.6 is 11.6 Å². The van der Waals surface area contributed by atoms with E-state index < -0.39 is 0 Å². The van der Waals surface area contributed by atoms with Crippen LogP contribution in [-0.2, 0) is 11.3 Å². The lowest BCUT2D eigenvalue weighted by molar-refractivity contribution is -0.122. The van der Waals surface area contributed by atoms with Crippen molar-refractivity contribution in [3.8, 4) is 5.75 Å². The maximum absolute atomic E-state index is 12.1. The van der Waals surface area contributed by atoms with Gasteiger partial charge in [-0.25, -0.2) is 0 Å². The quantitative estimate of drug-likeness (QED) is 0.878. The van der Waals surface area contributed by atoms with Gasteiger partial charge in [0.1, 0.15) is 5.75 Å². The minimum Gasteiger partial charge on any atom is -0.496 e. The van der Waals surface area contributed by atoms with Crippen LogP contribution in [0.25, 0.3) is 0 Å². The van der Waals surface area contributed by atoms with Crippen LogP contribution in [0.15, 0.2) is 18.2 Å². The summed E-state index contributed by atoms with van der Waals surface area (Å²) in [5.41, 5.74) is 6.76. The minimum absolute atomic E-state index is 0.0265. The fourth-order valence-corrected chi connectivity index (χ4v) is 3.14. The number of benzene rings is 1. The molecule has 0 bridgehead atoms. The first-order valence-electron chi connectivity index (χ1n) is 7.41. The number of nitrogens with two attached hydrogens (primary N) is 1. The number of carbonyl (C=O) groups excluding carboxylic acids is 1. The maximum Gasteiger partial charge on any atom is 0.222 e. The van der Waals surface area contributed by atoms with Gasteiger partial charge in [-0.2, -0.15) is 0 Å². The number of methoxy groups -OCH3 is 1. The highest BCUT2D eigenvalue weighted by Crippen LogP contribution is 2.29. The van der Waals surface area contributed by atoms with Crippen molar-refractivity contribution < 1.29 is 9.53 Å². The summed E-state index contributed by atoms with van der Waals surface area (Å²) in [6.07, 6.45) is 5.67. The Hall–Kier alpha value is -1.26. The molecule has 1 aliphatic rings. The Morgan fingerprint density at radius 2 is 2.10 bits per heavy atom. The fraction of sp³-hybridized carbons (Fsp3) is 0.562. The predicted molar refractivity (Wildman–Crippen MR) is 84.5 cm³/mol. The van der Waals surface area contributed by atoms with Gasteiger partial charge in [0.05, 0.1) is 7.11 Å². The molecule has 0 saturated heterocycles. The van der Waals surface area contributed by atoms with Crippen LogP contribution in [0.3, 0.4) is 0 Å². The standard InChI is InChI=1S/C16H23ClN2O2/c1-21-14-7-5-6-13(17)12(14)11-19-15(20)10-16(18)8-3-2-4-9-16/h5-7H,2-4,8-11,18H2,1H3,(H,19,20). The molecule has 0 radical (unpaired) electrons. The second-order valence-electron chi connectivity index (χ2n) is 5.80. The van der Waals surface area contributed by atoms with Crippen molar-refractivity contribution in [1.29, 1.82) is 0 Å². The lowest BCUT2D eigenvalue weighted by Gasteiger charge is -2.32. The largest absolute Gasteiger partial charge is 0.496 e. The van der Waals surface area contributed by atoms with E-state index in [-0.39, 0.29) is 11.4 Å². The van der Waals surface area contributed by atoms with Crippen molar-refractivity contribution in [3.05, 3.63) is 28.8 Å². The second kappa shape index (κ2) is 7.14. The highest BCUT2D eigenvalue weighted by molar-refractivity contribution is 6.31. The minimum atomic E-state index is -0.340. The molecule has 0 aromatic heterocycles. The van der Waals surface area contributed by atoms with E-state index in [1.165, 1.54) is 6.42 Å². The lowest BCUT2D eigenvalue weighted by atomic mass is 9.80. The van der Waals surface area contributed by atoms with Crippen LogP contribution < -0.4 is 15.8 Å². The van der Waals surface area contributed by atoms with E-state index in [0.717, 1.165) is 31.2 Å². The van der Waals surface area contributed by atoms with Gasteiger partial charge in [0.2, 0.25) is 5.91 Å². The van der Waals surface area contributed by atoms with Crippen molar-refractivity contribution in [1.82, 2.24) is 5.32 Å². The molecule has 1 saturated carbocycles. The highest BCUT2D eigenvalue weighted by atomic mass is 35.5. The molecule has 1 aromatic rings. The summed E-state index contributed by atoms with van der Waals surface area (Å²) in [5, 5.41) is 3.50. The zero-order chi connectivity index (χ0) is 15.3. The molecule has 1 aromatic carbocycles. The third kappa shape index (κ3) is 4.35. The number of carbonyl (C=O) groups is 1. The van der Waals surface area contributed by atoms with Gasteiger partial charge in [-0.15, -0.1) is 0 Å². The van der Waals surface area contributed by atoms with E-state index in [1.807, 2.05) is 12.1 Å². The van der Waals surface area contributed by atoms with Gasteiger partial charge in [0, 0.05) is 29.1 Å². The van der Waals surface area contributed by atoms with Crippen molar-refractivity contribution >= 4 is 17.5 Å². The average molecular weight is 311 g/mol. The van der Waals surface area contributed by atoms with Crippen molar-refractivity contribution in [2.45, 2.75) is 50.6 Å². The van der Waals surface area contributed by atoms with Gasteiger partial charge in [-0.05, 0) is 25.0 Å². The van der Waals surface area contributed by atoms with Crippen LogP contribution in [0.2, 0.25) is 5.02 Å². The molecule has 116 valence electrons. The lowest BCUT2D eigenvalue weighted by Crippen LogP contribution is -2.45. The Labute approximate surface area is 131 Å². The normalized spacial score (nSPS) is 17.3. The van der Waals surface area contributed by atoms with E-state index in [1.54, 1.807) is 13.2 Å². The Balaban J connectivity index is 1.92. The first-order chi connectivity index (χ1) is 10.0. The molecule has 3 N–H and O–H groups in total. The van der Waals surface area contributed by atoms with E-state index in [4.69, 9.17) is 22.1 Å². The summed E-state index contributed by atoms with van der Waals surface area (Å²) in [6.45, 7) is 0.359. The molecule has 1 fully saturated rings. The smallest absolute Gasteiger partial charge is 0.222 e. The van der Waals surface area contributed by atoms with Crippen molar-refractivity contribution in [2.24, 2.45) is 5.73 Å². The molecule has 0 spiro atoms. The number of amides is 1. The summed E-state index contributed by atoms with van der Waals surface area (Å²) < 4.78 is 5.27. The van der Waals surface area contributed by atoms with Crippen LogP contribution in [0.5, 0.6) is 5.75 Å². The molecule has 5 heteroatoms. The van der Waals surface area contributed by atoms with E-state index in [9.17, 15) is 4.79 Å². The Bertz CT molecular complexity index is 499. The van der Waals surface area contributed by atoms with E-state index in [2.05, 4.69) is 5.32 Å². The van der Waals surface area contributed by atoms with Gasteiger partial charge in [0.15, 0.2) is 0 Å².